The van der Waals surface area contributed by atoms with Gasteiger partial charge in [-0.25, -0.2) is 4.98 Å². The largest absolute Gasteiger partial charge is 0.457 e. The van der Waals surface area contributed by atoms with Gasteiger partial charge in [-0.05, 0) is 42.5 Å². The van der Waals surface area contributed by atoms with Gasteiger partial charge in [-0.15, -0.1) is 0 Å². The Morgan fingerprint density at radius 3 is 2.45 bits per heavy atom. The van der Waals surface area contributed by atoms with E-state index < -0.39 is 0 Å². The molecule has 142 valence electrons. The minimum atomic E-state index is 0.497. The van der Waals surface area contributed by atoms with E-state index >= 15 is 0 Å². The lowest BCUT2D eigenvalue weighted by molar-refractivity contribution is 0.464. The molecule has 0 amide bonds. The van der Waals surface area contributed by atoms with Crippen LogP contribution in [0.15, 0.2) is 85.2 Å². The number of nitrogens with zero attached hydrogens (tertiary/aromatic N) is 2. The van der Waals surface area contributed by atoms with Crippen molar-refractivity contribution in [3.63, 3.8) is 0 Å². The molecule has 5 rings (SSSR count). The van der Waals surface area contributed by atoms with Crippen LogP contribution in [-0.4, -0.2) is 9.97 Å². The van der Waals surface area contributed by atoms with E-state index in [0.29, 0.717) is 18.2 Å². The summed E-state index contributed by atoms with van der Waals surface area (Å²) in [7, 11) is 0. The van der Waals surface area contributed by atoms with Crippen LogP contribution in [0.25, 0.3) is 0 Å². The van der Waals surface area contributed by atoms with Crippen LogP contribution in [-0.2, 0) is 6.54 Å². The Balaban J connectivity index is 1.36. The average Bonchev–Trinajstić information content (AvgIpc) is 2.96. The summed E-state index contributed by atoms with van der Waals surface area (Å²) in [6.45, 7) is 0.634. The van der Waals surface area contributed by atoms with Crippen molar-refractivity contribution in [1.82, 2.24) is 9.97 Å². The maximum atomic E-state index is 5.99. The highest BCUT2D eigenvalue weighted by atomic mass is 16.5. The van der Waals surface area contributed by atoms with Gasteiger partial charge < -0.3 is 20.1 Å². The summed E-state index contributed by atoms with van der Waals surface area (Å²) in [4.78, 5) is 8.67. The molecule has 0 aliphatic carbocycles. The van der Waals surface area contributed by atoms with Crippen LogP contribution in [0, 0.1) is 0 Å². The number of aromatic nitrogens is 2. The predicted octanol–water partition coefficient (Wildman–Crippen LogP) is 5.73. The molecule has 0 spiro atoms. The highest BCUT2D eigenvalue weighted by Gasteiger charge is 2.19. The highest BCUT2D eigenvalue weighted by molar-refractivity contribution is 5.75. The molecule has 4 aromatic rings. The maximum Gasteiger partial charge on any atom is 0.248 e. The standard InChI is InChI=1S/C23H18N4O2/c1-2-7-18(8-3-1)28-19-12-10-17(11-13-19)27-22-21-23(26-15-25-22)29-20-9-5-4-6-16(20)14-24-21/h1-13,15,24H,14H2,(H,25,26,27). The Morgan fingerprint density at radius 2 is 1.59 bits per heavy atom. The lowest BCUT2D eigenvalue weighted by Gasteiger charge is -2.13. The van der Waals surface area contributed by atoms with Gasteiger partial charge in [0.25, 0.3) is 0 Å². The fourth-order valence-electron chi connectivity index (χ4n) is 3.11. The molecule has 1 aromatic heterocycles. The Morgan fingerprint density at radius 1 is 0.828 bits per heavy atom. The van der Waals surface area contributed by atoms with Crippen LogP contribution in [0.2, 0.25) is 0 Å². The summed E-state index contributed by atoms with van der Waals surface area (Å²) in [5.74, 6) is 3.51. The van der Waals surface area contributed by atoms with E-state index in [9.17, 15) is 0 Å². The van der Waals surface area contributed by atoms with Gasteiger partial charge in [-0.3, -0.25) is 0 Å². The monoisotopic (exact) mass is 382 g/mol. The molecule has 2 N–H and O–H groups in total. The van der Waals surface area contributed by atoms with Gasteiger partial charge >= 0.3 is 0 Å². The number of hydrogen-bond acceptors (Lipinski definition) is 6. The third-order valence-corrected chi connectivity index (χ3v) is 4.54. The first kappa shape index (κ1) is 17.1. The van der Waals surface area contributed by atoms with Crippen LogP contribution in [0.5, 0.6) is 23.1 Å². The van der Waals surface area contributed by atoms with Gasteiger partial charge in [-0.2, -0.15) is 4.98 Å². The second-order valence-corrected chi connectivity index (χ2v) is 6.53. The molecule has 0 fully saturated rings. The van der Waals surface area contributed by atoms with Crippen LogP contribution < -0.4 is 20.1 Å². The van der Waals surface area contributed by atoms with Crippen molar-refractivity contribution in [2.75, 3.05) is 10.6 Å². The summed E-state index contributed by atoms with van der Waals surface area (Å²) in [6, 6.07) is 25.3. The fourth-order valence-corrected chi connectivity index (χ4v) is 3.11. The molecule has 6 heteroatoms. The predicted molar refractivity (Wildman–Crippen MR) is 112 cm³/mol. The number of rotatable bonds is 4. The molecule has 2 heterocycles. The smallest absolute Gasteiger partial charge is 0.248 e. The third kappa shape index (κ3) is 3.68. The molecular formula is C23H18N4O2. The Bertz CT molecular complexity index is 1130. The second kappa shape index (κ2) is 7.52. The summed E-state index contributed by atoms with van der Waals surface area (Å²) in [5, 5.41) is 6.71. The quantitative estimate of drug-likeness (QED) is 0.470. The molecular weight excluding hydrogens is 364 g/mol. The summed E-state index contributed by atoms with van der Waals surface area (Å²) in [5.41, 5.74) is 2.68. The normalized spacial score (nSPS) is 11.9. The van der Waals surface area contributed by atoms with Crippen LogP contribution in [0.4, 0.5) is 17.2 Å². The summed E-state index contributed by atoms with van der Waals surface area (Å²) in [6.07, 6.45) is 1.49. The number of anilines is 3. The van der Waals surface area contributed by atoms with E-state index in [1.165, 1.54) is 6.33 Å². The van der Waals surface area contributed by atoms with E-state index in [1.54, 1.807) is 0 Å². The fraction of sp³-hybridized carbons (Fsp3) is 0.0435. The van der Waals surface area contributed by atoms with E-state index in [4.69, 9.17) is 9.47 Å². The minimum Gasteiger partial charge on any atom is -0.457 e. The van der Waals surface area contributed by atoms with Crippen LogP contribution >= 0.6 is 0 Å². The van der Waals surface area contributed by atoms with E-state index in [-0.39, 0.29) is 0 Å². The lowest BCUT2D eigenvalue weighted by Crippen LogP contribution is -2.04. The van der Waals surface area contributed by atoms with Gasteiger partial charge in [-0.1, -0.05) is 36.4 Å². The molecule has 0 bridgehead atoms. The third-order valence-electron chi connectivity index (χ3n) is 4.54. The first-order valence-corrected chi connectivity index (χ1v) is 9.30. The number of benzene rings is 3. The molecule has 0 saturated carbocycles. The van der Waals surface area contributed by atoms with Crippen molar-refractivity contribution in [3.8, 4) is 23.1 Å². The van der Waals surface area contributed by atoms with Crippen molar-refractivity contribution in [3.05, 3.63) is 90.8 Å². The van der Waals surface area contributed by atoms with Gasteiger partial charge in [0.15, 0.2) is 5.82 Å². The van der Waals surface area contributed by atoms with Crippen molar-refractivity contribution in [2.24, 2.45) is 0 Å². The van der Waals surface area contributed by atoms with Gasteiger partial charge in [0.05, 0.1) is 0 Å². The summed E-state index contributed by atoms with van der Waals surface area (Å²) >= 11 is 0. The number of ether oxygens (including phenoxy) is 2. The van der Waals surface area contributed by atoms with Crippen molar-refractivity contribution in [2.45, 2.75) is 6.54 Å². The highest BCUT2D eigenvalue weighted by Crippen LogP contribution is 2.38. The van der Waals surface area contributed by atoms with Crippen molar-refractivity contribution < 1.29 is 9.47 Å². The number of nitrogens with one attached hydrogen (secondary N) is 2. The number of fused-ring (bicyclic) bond motifs is 2. The molecule has 29 heavy (non-hydrogen) atoms. The molecule has 0 saturated heterocycles. The molecule has 0 radical (unpaired) electrons. The van der Waals surface area contributed by atoms with Gasteiger partial charge in [0.1, 0.15) is 29.3 Å². The van der Waals surface area contributed by atoms with Gasteiger partial charge in [0.2, 0.25) is 5.88 Å². The molecule has 0 unspecified atom stereocenters. The second-order valence-electron chi connectivity index (χ2n) is 6.53. The SMILES string of the molecule is c1ccc(Oc2ccc(Nc3ncnc4c3NCc3ccccc3O4)cc2)cc1. The van der Waals surface area contributed by atoms with Crippen LogP contribution in [0.1, 0.15) is 5.56 Å². The van der Waals surface area contributed by atoms with E-state index in [0.717, 1.165) is 34.2 Å². The Kier molecular flexibility index (Phi) is 4.42. The first-order chi connectivity index (χ1) is 14.3. The van der Waals surface area contributed by atoms with Crippen LogP contribution in [0.3, 0.4) is 0 Å². The minimum absolute atomic E-state index is 0.497. The molecule has 1 aliphatic rings. The van der Waals surface area contributed by atoms with Gasteiger partial charge in [0, 0.05) is 17.8 Å². The zero-order valence-electron chi connectivity index (χ0n) is 15.5. The lowest BCUT2D eigenvalue weighted by atomic mass is 10.2. The Labute approximate surface area is 168 Å². The zero-order chi connectivity index (χ0) is 19.5. The zero-order valence-corrected chi connectivity index (χ0v) is 15.5. The van der Waals surface area contributed by atoms with E-state index in [2.05, 4.69) is 20.6 Å². The van der Waals surface area contributed by atoms with Crippen molar-refractivity contribution in [1.29, 1.82) is 0 Å². The van der Waals surface area contributed by atoms with Crippen molar-refractivity contribution >= 4 is 17.2 Å². The average molecular weight is 382 g/mol. The Hall–Kier alpha value is -4.06. The maximum absolute atomic E-state index is 5.99. The summed E-state index contributed by atoms with van der Waals surface area (Å²) < 4.78 is 11.8. The molecule has 6 nitrogen and oxygen atoms in total. The molecule has 3 aromatic carbocycles. The van der Waals surface area contributed by atoms with E-state index in [1.807, 2.05) is 78.9 Å². The molecule has 1 aliphatic heterocycles. The number of hydrogen-bond donors (Lipinski definition) is 2. The number of para-hydroxylation sites is 2. The molecule has 0 atom stereocenters. The topological polar surface area (TPSA) is 68.3 Å². The first-order valence-electron chi connectivity index (χ1n) is 9.30.